The summed E-state index contributed by atoms with van der Waals surface area (Å²) in [5.41, 5.74) is 4.05. The van der Waals surface area contributed by atoms with Gasteiger partial charge in [-0.05, 0) is 18.6 Å². The van der Waals surface area contributed by atoms with E-state index in [0.29, 0.717) is 0 Å². The second kappa shape index (κ2) is 3.66. The molecule has 0 fully saturated rings. The molecule has 0 bridgehead atoms. The van der Waals surface area contributed by atoms with Gasteiger partial charge in [0.2, 0.25) is 0 Å². The first-order valence-corrected chi connectivity index (χ1v) is 5.13. The lowest BCUT2D eigenvalue weighted by atomic mass is 10.2. The lowest BCUT2D eigenvalue weighted by molar-refractivity contribution is 1.06. The van der Waals surface area contributed by atoms with Crippen molar-refractivity contribution in [2.45, 2.75) is 13.3 Å². The highest BCUT2D eigenvalue weighted by Crippen LogP contribution is 2.25. The Balaban J connectivity index is 2.47. The second-order valence-electron chi connectivity index (χ2n) is 2.70. The molecule has 13 heavy (non-hydrogen) atoms. The first kappa shape index (κ1) is 8.38. The van der Waals surface area contributed by atoms with Crippen LogP contribution in [-0.2, 0) is 6.42 Å². The molecular formula is C10H10N2S. The number of pyridine rings is 1. The second-order valence-corrected chi connectivity index (χ2v) is 3.55. The fourth-order valence-electron chi connectivity index (χ4n) is 1.23. The van der Waals surface area contributed by atoms with E-state index in [1.165, 1.54) is 4.88 Å². The Morgan fingerprint density at radius 2 is 2.23 bits per heavy atom. The van der Waals surface area contributed by atoms with Gasteiger partial charge in [0.05, 0.1) is 21.8 Å². The average molecular weight is 190 g/mol. The maximum absolute atomic E-state index is 4.30. The van der Waals surface area contributed by atoms with Gasteiger partial charge in [0.25, 0.3) is 0 Å². The molecule has 0 atom stereocenters. The van der Waals surface area contributed by atoms with Gasteiger partial charge in [-0.25, -0.2) is 4.98 Å². The maximum atomic E-state index is 4.30. The Morgan fingerprint density at radius 1 is 1.31 bits per heavy atom. The normalized spacial score (nSPS) is 10.2. The van der Waals surface area contributed by atoms with Crippen LogP contribution in [0.15, 0.2) is 29.9 Å². The van der Waals surface area contributed by atoms with Crippen molar-refractivity contribution in [3.63, 3.8) is 0 Å². The summed E-state index contributed by atoms with van der Waals surface area (Å²) in [6.45, 7) is 2.11. The standard InChI is InChI=1S/C10H10N2S/c1-2-8-10(13-7-12-8)9-5-3-4-6-11-9/h3-7H,2H2,1H3. The van der Waals surface area contributed by atoms with Crippen molar-refractivity contribution < 1.29 is 0 Å². The molecule has 0 amide bonds. The van der Waals surface area contributed by atoms with Crippen molar-refractivity contribution in [3.8, 4) is 10.6 Å². The molecule has 0 aliphatic rings. The smallest absolute Gasteiger partial charge is 0.0820 e. The molecule has 0 unspecified atom stereocenters. The van der Waals surface area contributed by atoms with Gasteiger partial charge in [0, 0.05) is 6.20 Å². The Bertz CT molecular complexity index is 381. The summed E-state index contributed by atoms with van der Waals surface area (Å²) in [5.74, 6) is 0. The predicted octanol–water partition coefficient (Wildman–Crippen LogP) is 2.77. The highest BCUT2D eigenvalue weighted by atomic mass is 32.1. The first-order chi connectivity index (χ1) is 6.42. The zero-order valence-electron chi connectivity index (χ0n) is 7.40. The van der Waals surface area contributed by atoms with Crippen LogP contribution in [0.25, 0.3) is 10.6 Å². The first-order valence-electron chi connectivity index (χ1n) is 4.25. The van der Waals surface area contributed by atoms with Crippen molar-refractivity contribution in [2.75, 3.05) is 0 Å². The van der Waals surface area contributed by atoms with Gasteiger partial charge in [-0.2, -0.15) is 0 Å². The van der Waals surface area contributed by atoms with E-state index < -0.39 is 0 Å². The largest absolute Gasteiger partial charge is 0.255 e. The molecule has 0 saturated heterocycles. The Morgan fingerprint density at radius 3 is 2.92 bits per heavy atom. The molecule has 0 radical (unpaired) electrons. The molecular weight excluding hydrogens is 180 g/mol. The van der Waals surface area contributed by atoms with Gasteiger partial charge in [0.15, 0.2) is 0 Å². The quantitative estimate of drug-likeness (QED) is 0.727. The number of aryl methyl sites for hydroxylation is 1. The number of nitrogens with zero attached hydrogens (tertiary/aromatic N) is 2. The van der Waals surface area contributed by atoms with Crippen LogP contribution < -0.4 is 0 Å². The summed E-state index contributed by atoms with van der Waals surface area (Å²) in [7, 11) is 0. The van der Waals surface area contributed by atoms with Gasteiger partial charge in [0.1, 0.15) is 0 Å². The Hall–Kier alpha value is -1.22. The highest BCUT2D eigenvalue weighted by molar-refractivity contribution is 7.13. The molecule has 2 nitrogen and oxygen atoms in total. The summed E-state index contributed by atoms with van der Waals surface area (Å²) in [4.78, 5) is 9.79. The zero-order valence-corrected chi connectivity index (χ0v) is 8.21. The number of thiazole rings is 1. The summed E-state index contributed by atoms with van der Waals surface area (Å²) in [6.07, 6.45) is 2.78. The lowest BCUT2D eigenvalue weighted by Gasteiger charge is -1.97. The van der Waals surface area contributed by atoms with E-state index >= 15 is 0 Å². The SMILES string of the molecule is CCc1ncsc1-c1ccccn1. The fraction of sp³-hybridized carbons (Fsp3) is 0.200. The molecule has 0 aromatic carbocycles. The fourth-order valence-corrected chi connectivity index (χ4v) is 2.09. The van der Waals surface area contributed by atoms with Crippen LogP contribution >= 0.6 is 11.3 Å². The lowest BCUT2D eigenvalue weighted by Crippen LogP contribution is -1.85. The molecule has 0 saturated carbocycles. The Labute approximate surface area is 81.3 Å². The average Bonchev–Trinajstić information content (AvgIpc) is 2.67. The van der Waals surface area contributed by atoms with Gasteiger partial charge < -0.3 is 0 Å². The molecule has 0 aliphatic carbocycles. The van der Waals surface area contributed by atoms with Gasteiger partial charge in [-0.1, -0.05) is 13.0 Å². The minimum absolute atomic E-state index is 0.968. The molecule has 2 rings (SSSR count). The minimum atomic E-state index is 0.968. The summed E-state index contributed by atoms with van der Waals surface area (Å²) < 4.78 is 0. The van der Waals surface area contributed by atoms with Crippen molar-refractivity contribution in [1.29, 1.82) is 0 Å². The van der Waals surface area contributed by atoms with Crippen molar-refractivity contribution >= 4 is 11.3 Å². The number of hydrogen-bond donors (Lipinski definition) is 0. The summed E-state index contributed by atoms with van der Waals surface area (Å²) in [6, 6.07) is 5.95. The van der Waals surface area contributed by atoms with Crippen LogP contribution in [0.5, 0.6) is 0 Å². The number of rotatable bonds is 2. The van der Waals surface area contributed by atoms with E-state index in [2.05, 4.69) is 16.9 Å². The van der Waals surface area contributed by atoms with E-state index in [1.807, 2.05) is 29.9 Å². The monoisotopic (exact) mass is 190 g/mol. The highest BCUT2D eigenvalue weighted by Gasteiger charge is 2.06. The van der Waals surface area contributed by atoms with Crippen LogP contribution in [-0.4, -0.2) is 9.97 Å². The van der Waals surface area contributed by atoms with Gasteiger partial charge in [-0.15, -0.1) is 11.3 Å². The zero-order chi connectivity index (χ0) is 9.10. The third-order valence-electron chi connectivity index (χ3n) is 1.87. The van der Waals surface area contributed by atoms with Gasteiger partial charge in [-0.3, -0.25) is 4.98 Å². The van der Waals surface area contributed by atoms with Crippen LogP contribution in [0.3, 0.4) is 0 Å². The van der Waals surface area contributed by atoms with E-state index in [0.717, 1.165) is 17.8 Å². The topological polar surface area (TPSA) is 25.8 Å². The molecule has 0 spiro atoms. The molecule has 2 aromatic rings. The molecule has 2 heterocycles. The van der Waals surface area contributed by atoms with Gasteiger partial charge >= 0.3 is 0 Å². The third-order valence-corrected chi connectivity index (χ3v) is 2.76. The van der Waals surface area contributed by atoms with E-state index in [1.54, 1.807) is 11.3 Å². The van der Waals surface area contributed by atoms with Crippen molar-refractivity contribution in [3.05, 3.63) is 35.6 Å². The van der Waals surface area contributed by atoms with Crippen LogP contribution in [0.2, 0.25) is 0 Å². The minimum Gasteiger partial charge on any atom is -0.255 e. The van der Waals surface area contributed by atoms with Crippen LogP contribution in [0.1, 0.15) is 12.6 Å². The molecule has 2 aromatic heterocycles. The molecule has 66 valence electrons. The van der Waals surface area contributed by atoms with Crippen molar-refractivity contribution in [1.82, 2.24) is 9.97 Å². The summed E-state index contributed by atoms with van der Waals surface area (Å²) in [5, 5.41) is 0. The van der Waals surface area contributed by atoms with E-state index in [4.69, 9.17) is 0 Å². The number of aromatic nitrogens is 2. The molecule has 0 N–H and O–H groups in total. The van der Waals surface area contributed by atoms with E-state index in [-0.39, 0.29) is 0 Å². The van der Waals surface area contributed by atoms with Crippen LogP contribution in [0, 0.1) is 0 Å². The Kier molecular flexibility index (Phi) is 2.36. The summed E-state index contributed by atoms with van der Waals surface area (Å²) >= 11 is 1.65. The molecule has 0 aliphatic heterocycles. The van der Waals surface area contributed by atoms with Crippen molar-refractivity contribution in [2.24, 2.45) is 0 Å². The third kappa shape index (κ3) is 1.60. The number of hydrogen-bond acceptors (Lipinski definition) is 3. The van der Waals surface area contributed by atoms with Crippen LogP contribution in [0.4, 0.5) is 0 Å². The predicted molar refractivity (Wildman–Crippen MR) is 54.7 cm³/mol. The van der Waals surface area contributed by atoms with E-state index in [9.17, 15) is 0 Å². The molecule has 3 heteroatoms. The maximum Gasteiger partial charge on any atom is 0.0820 e.